The van der Waals surface area contributed by atoms with Crippen LogP contribution in [0.25, 0.3) is 0 Å². The first-order chi connectivity index (χ1) is 9.38. The molecule has 2 amide bonds. The zero-order valence-electron chi connectivity index (χ0n) is 12.2. The highest BCUT2D eigenvalue weighted by molar-refractivity contribution is 5.93. The number of nitrogens with zero attached hydrogens (tertiary/aromatic N) is 3. The highest BCUT2D eigenvalue weighted by Gasteiger charge is 2.22. The molecule has 1 aliphatic heterocycles. The van der Waals surface area contributed by atoms with Gasteiger partial charge >= 0.3 is 0 Å². The highest BCUT2D eigenvalue weighted by Crippen LogP contribution is 2.17. The number of rotatable bonds is 3. The van der Waals surface area contributed by atoms with E-state index in [-0.39, 0.29) is 23.7 Å². The van der Waals surface area contributed by atoms with Crippen LogP contribution in [-0.4, -0.2) is 51.5 Å². The van der Waals surface area contributed by atoms with Gasteiger partial charge in [0.05, 0.1) is 6.54 Å². The van der Waals surface area contributed by atoms with Crippen LogP contribution in [0.3, 0.4) is 0 Å². The molecule has 1 fully saturated rings. The van der Waals surface area contributed by atoms with Gasteiger partial charge in [-0.25, -0.2) is 4.98 Å². The van der Waals surface area contributed by atoms with Crippen LogP contribution in [0.2, 0.25) is 0 Å². The predicted octanol–water partition coefficient (Wildman–Crippen LogP) is 0.454. The van der Waals surface area contributed by atoms with Gasteiger partial charge in [0.25, 0.3) is 5.91 Å². The monoisotopic (exact) mass is 279 g/mol. The maximum absolute atomic E-state index is 11.9. The summed E-state index contributed by atoms with van der Waals surface area (Å²) in [5.41, 5.74) is -0.198. The van der Waals surface area contributed by atoms with E-state index >= 15 is 0 Å². The number of amides is 2. The minimum atomic E-state index is -0.427. The van der Waals surface area contributed by atoms with Crippen molar-refractivity contribution >= 4 is 11.8 Å². The largest absolute Gasteiger partial charge is 0.341 e. The average Bonchev–Trinajstić information content (AvgIpc) is 3.04. The molecule has 1 saturated heterocycles. The Morgan fingerprint density at radius 1 is 1.30 bits per heavy atom. The van der Waals surface area contributed by atoms with Crippen LogP contribution >= 0.6 is 0 Å². The first kappa shape index (κ1) is 14.5. The standard InChI is InChI=1S/C13H21N5O2/c1-13(2,3)12-15-10(16-17-12)11(20)14-8-9(19)18-6-4-5-7-18/h4-8H2,1-3H3,(H,14,20)(H,15,16,17). The fourth-order valence-electron chi connectivity index (χ4n) is 2.01. The summed E-state index contributed by atoms with van der Waals surface area (Å²) in [6.45, 7) is 7.50. The number of carbonyl (C=O) groups excluding carboxylic acids is 2. The molecule has 0 aliphatic carbocycles. The molecule has 0 atom stereocenters. The number of H-pyrrole nitrogens is 1. The van der Waals surface area contributed by atoms with Gasteiger partial charge in [0, 0.05) is 18.5 Å². The van der Waals surface area contributed by atoms with Crippen LogP contribution < -0.4 is 5.32 Å². The van der Waals surface area contributed by atoms with E-state index in [1.54, 1.807) is 4.90 Å². The SMILES string of the molecule is CC(C)(C)c1nc(C(=O)NCC(=O)N2CCCC2)n[nH]1. The lowest BCUT2D eigenvalue weighted by molar-refractivity contribution is -0.129. The lowest BCUT2D eigenvalue weighted by atomic mass is 9.96. The lowest BCUT2D eigenvalue weighted by Crippen LogP contribution is -2.39. The number of hydrogen-bond donors (Lipinski definition) is 2. The molecule has 0 bridgehead atoms. The average molecular weight is 279 g/mol. The number of likely N-dealkylation sites (tertiary alicyclic amines) is 1. The van der Waals surface area contributed by atoms with Gasteiger partial charge in [-0.15, -0.1) is 5.10 Å². The van der Waals surface area contributed by atoms with Crippen molar-refractivity contribution in [1.82, 2.24) is 25.4 Å². The predicted molar refractivity (Wildman–Crippen MR) is 73.2 cm³/mol. The topological polar surface area (TPSA) is 91.0 Å². The summed E-state index contributed by atoms with van der Waals surface area (Å²) < 4.78 is 0. The molecule has 0 aromatic carbocycles. The summed E-state index contributed by atoms with van der Waals surface area (Å²) in [4.78, 5) is 29.6. The fraction of sp³-hybridized carbons (Fsp3) is 0.692. The molecule has 7 heteroatoms. The molecule has 0 spiro atoms. The van der Waals surface area contributed by atoms with Gasteiger partial charge in [0.1, 0.15) is 5.82 Å². The van der Waals surface area contributed by atoms with Crippen molar-refractivity contribution in [2.45, 2.75) is 39.0 Å². The Morgan fingerprint density at radius 3 is 2.50 bits per heavy atom. The van der Waals surface area contributed by atoms with Gasteiger partial charge in [-0.05, 0) is 12.8 Å². The molecule has 0 saturated carbocycles. The molecule has 2 rings (SSSR count). The molecule has 1 aliphatic rings. The number of aromatic amines is 1. The van der Waals surface area contributed by atoms with Crippen LogP contribution in [0.4, 0.5) is 0 Å². The van der Waals surface area contributed by atoms with E-state index in [2.05, 4.69) is 20.5 Å². The van der Waals surface area contributed by atoms with Crippen LogP contribution in [-0.2, 0) is 10.2 Å². The van der Waals surface area contributed by atoms with Gasteiger partial charge in [0.2, 0.25) is 11.7 Å². The lowest BCUT2D eigenvalue weighted by Gasteiger charge is -2.15. The second-order valence-electron chi connectivity index (χ2n) is 6.03. The van der Waals surface area contributed by atoms with Crippen molar-refractivity contribution in [3.8, 4) is 0 Å². The third-order valence-electron chi connectivity index (χ3n) is 3.26. The van der Waals surface area contributed by atoms with Gasteiger partial charge in [-0.3, -0.25) is 14.7 Å². The van der Waals surface area contributed by atoms with E-state index in [1.807, 2.05) is 20.8 Å². The van der Waals surface area contributed by atoms with E-state index in [4.69, 9.17) is 0 Å². The number of aromatic nitrogens is 3. The Hall–Kier alpha value is -1.92. The van der Waals surface area contributed by atoms with E-state index < -0.39 is 5.91 Å². The van der Waals surface area contributed by atoms with Crippen molar-refractivity contribution in [1.29, 1.82) is 0 Å². The number of carbonyl (C=O) groups is 2. The summed E-state index contributed by atoms with van der Waals surface area (Å²) in [7, 11) is 0. The molecule has 20 heavy (non-hydrogen) atoms. The van der Waals surface area contributed by atoms with Gasteiger partial charge in [-0.2, -0.15) is 0 Å². The molecule has 0 unspecified atom stereocenters. The van der Waals surface area contributed by atoms with Crippen LogP contribution in [0, 0.1) is 0 Å². The maximum atomic E-state index is 11.9. The Labute approximate surface area is 118 Å². The van der Waals surface area contributed by atoms with Gasteiger partial charge in [0.15, 0.2) is 0 Å². The third-order valence-corrected chi connectivity index (χ3v) is 3.26. The minimum absolute atomic E-state index is 0.00176. The quantitative estimate of drug-likeness (QED) is 0.840. The van der Waals surface area contributed by atoms with Crippen molar-refractivity contribution < 1.29 is 9.59 Å². The first-order valence-electron chi connectivity index (χ1n) is 6.87. The van der Waals surface area contributed by atoms with Crippen molar-refractivity contribution in [2.75, 3.05) is 19.6 Å². The molecule has 2 heterocycles. The summed E-state index contributed by atoms with van der Waals surface area (Å²) in [6.07, 6.45) is 2.07. The van der Waals surface area contributed by atoms with Crippen molar-refractivity contribution in [3.63, 3.8) is 0 Å². The van der Waals surface area contributed by atoms with Gasteiger partial charge in [-0.1, -0.05) is 20.8 Å². The van der Waals surface area contributed by atoms with E-state index in [0.717, 1.165) is 25.9 Å². The Bertz CT molecular complexity index is 497. The van der Waals surface area contributed by atoms with Gasteiger partial charge < -0.3 is 10.2 Å². The second kappa shape index (κ2) is 5.60. The third kappa shape index (κ3) is 3.34. The summed E-state index contributed by atoms with van der Waals surface area (Å²) in [5.74, 6) is 0.240. The Morgan fingerprint density at radius 2 is 1.95 bits per heavy atom. The first-order valence-corrected chi connectivity index (χ1v) is 6.87. The molecule has 1 aromatic rings. The Balaban J connectivity index is 1.88. The van der Waals surface area contributed by atoms with E-state index in [0.29, 0.717) is 5.82 Å². The van der Waals surface area contributed by atoms with Crippen LogP contribution in [0.1, 0.15) is 50.1 Å². The molecule has 7 nitrogen and oxygen atoms in total. The Kier molecular flexibility index (Phi) is 4.06. The maximum Gasteiger partial charge on any atom is 0.291 e. The summed E-state index contributed by atoms with van der Waals surface area (Å²) in [5, 5.41) is 9.20. The smallest absolute Gasteiger partial charge is 0.291 e. The highest BCUT2D eigenvalue weighted by atomic mass is 16.2. The molecular formula is C13H21N5O2. The van der Waals surface area contributed by atoms with Crippen molar-refractivity contribution in [2.24, 2.45) is 0 Å². The van der Waals surface area contributed by atoms with Crippen molar-refractivity contribution in [3.05, 3.63) is 11.6 Å². The fourth-order valence-corrected chi connectivity index (χ4v) is 2.01. The normalized spacial score (nSPS) is 15.4. The number of nitrogens with one attached hydrogen (secondary N) is 2. The second-order valence-corrected chi connectivity index (χ2v) is 6.03. The molecular weight excluding hydrogens is 258 g/mol. The summed E-state index contributed by atoms with van der Waals surface area (Å²) >= 11 is 0. The van der Waals surface area contributed by atoms with E-state index in [9.17, 15) is 9.59 Å². The molecule has 1 aromatic heterocycles. The zero-order valence-corrected chi connectivity index (χ0v) is 12.2. The minimum Gasteiger partial charge on any atom is -0.341 e. The molecule has 0 radical (unpaired) electrons. The van der Waals surface area contributed by atoms with Crippen LogP contribution in [0.15, 0.2) is 0 Å². The molecule has 2 N–H and O–H groups in total. The van der Waals surface area contributed by atoms with Crippen LogP contribution in [0.5, 0.6) is 0 Å². The zero-order chi connectivity index (χ0) is 14.8. The molecule has 110 valence electrons. The van der Waals surface area contributed by atoms with E-state index in [1.165, 1.54) is 0 Å². The number of hydrogen-bond acceptors (Lipinski definition) is 4. The summed E-state index contributed by atoms with van der Waals surface area (Å²) in [6, 6.07) is 0.